The van der Waals surface area contributed by atoms with Crippen LogP contribution in [0.1, 0.15) is 60.0 Å². The van der Waals surface area contributed by atoms with Crippen molar-refractivity contribution in [2.24, 2.45) is 0 Å². The number of piperidine rings is 1. The third-order valence-electron chi connectivity index (χ3n) is 10.2. The summed E-state index contributed by atoms with van der Waals surface area (Å²) >= 11 is 0. The van der Waals surface area contributed by atoms with E-state index in [4.69, 9.17) is 9.47 Å². The molecule has 8 rings (SSSR count). The molecule has 12 heteroatoms. The van der Waals surface area contributed by atoms with Gasteiger partial charge in [-0.25, -0.2) is 17.9 Å². The number of ether oxygens (including phenoxy) is 2. The molecule has 268 valence electrons. The Labute approximate surface area is 301 Å². The second-order valence-corrected chi connectivity index (χ2v) is 15.3. The maximum Gasteiger partial charge on any atom is 0.326 e. The summed E-state index contributed by atoms with van der Waals surface area (Å²) in [6.45, 7) is 2.50. The number of rotatable bonds is 10. The first kappa shape index (κ1) is 34.4. The number of imidazole rings is 1. The number of aliphatic hydroxyl groups excluding tert-OH is 1. The lowest BCUT2D eigenvalue weighted by molar-refractivity contribution is -0.253. The molecule has 3 unspecified atom stereocenters. The first-order valence-electron chi connectivity index (χ1n) is 17.7. The number of likely N-dealkylation sites (tertiary alicyclic amines) is 1. The molecule has 0 spiro atoms. The zero-order valence-electron chi connectivity index (χ0n) is 28.6. The summed E-state index contributed by atoms with van der Waals surface area (Å²) in [5.41, 5.74) is 5.67. The molecule has 0 aliphatic carbocycles. The SMILES string of the molecule is O=c1[nH]c2ccccc2n1C1CCN(CC2CC(c3ccc(CO)cc3)OC(c3ccc(CNS(=O)(=O)c4cccc5cccnc45)cc3)O2)CC1. The molecule has 3 N–H and O–H groups in total. The van der Waals surface area contributed by atoms with Crippen molar-refractivity contribution in [1.29, 1.82) is 0 Å². The average Bonchev–Trinajstić information content (AvgIpc) is 3.53. The maximum atomic E-state index is 13.3. The Morgan fingerprint density at radius 1 is 0.846 bits per heavy atom. The number of benzene rings is 4. The predicted molar refractivity (Wildman–Crippen MR) is 198 cm³/mol. The fraction of sp³-hybridized carbons (Fsp3) is 0.300. The minimum Gasteiger partial charge on any atom is -0.392 e. The van der Waals surface area contributed by atoms with Gasteiger partial charge in [0.25, 0.3) is 0 Å². The second-order valence-electron chi connectivity index (χ2n) is 13.6. The maximum absolute atomic E-state index is 13.3. The van der Waals surface area contributed by atoms with Crippen LogP contribution in [0.5, 0.6) is 0 Å². The fourth-order valence-electron chi connectivity index (χ4n) is 7.46. The largest absolute Gasteiger partial charge is 0.392 e. The number of aromatic amines is 1. The first-order chi connectivity index (χ1) is 25.3. The van der Waals surface area contributed by atoms with Gasteiger partial charge in [0, 0.05) is 55.8 Å². The minimum absolute atomic E-state index is 0.0257. The zero-order valence-corrected chi connectivity index (χ0v) is 29.4. The number of hydrogen-bond donors (Lipinski definition) is 3. The van der Waals surface area contributed by atoms with Crippen LogP contribution in [0.25, 0.3) is 21.9 Å². The van der Waals surface area contributed by atoms with Crippen molar-refractivity contribution in [1.82, 2.24) is 24.2 Å². The van der Waals surface area contributed by atoms with Crippen LogP contribution in [0.3, 0.4) is 0 Å². The number of hydrogen-bond acceptors (Lipinski definition) is 8. The molecular formula is C40H41N5O6S. The predicted octanol–water partition coefficient (Wildman–Crippen LogP) is 5.73. The van der Waals surface area contributed by atoms with Gasteiger partial charge in [-0.15, -0.1) is 0 Å². The number of nitrogens with one attached hydrogen (secondary N) is 2. The van der Waals surface area contributed by atoms with Gasteiger partial charge in [0.2, 0.25) is 10.0 Å². The van der Waals surface area contributed by atoms with E-state index in [1.807, 2.05) is 89.5 Å². The summed E-state index contributed by atoms with van der Waals surface area (Å²) in [7, 11) is -3.81. The van der Waals surface area contributed by atoms with Gasteiger partial charge in [0.05, 0.1) is 35.4 Å². The number of aromatic nitrogens is 3. The summed E-state index contributed by atoms with van der Waals surface area (Å²) < 4.78 is 44.3. The van der Waals surface area contributed by atoms with Crippen molar-refractivity contribution >= 4 is 32.0 Å². The quantitative estimate of drug-likeness (QED) is 0.163. The van der Waals surface area contributed by atoms with Crippen LogP contribution in [0, 0.1) is 0 Å². The molecule has 2 aliphatic heterocycles. The van der Waals surface area contributed by atoms with Crippen molar-refractivity contribution in [3.05, 3.63) is 142 Å². The molecule has 2 aromatic heterocycles. The van der Waals surface area contributed by atoms with Crippen molar-refractivity contribution in [2.75, 3.05) is 19.6 Å². The lowest BCUT2D eigenvalue weighted by Gasteiger charge is -2.40. The Kier molecular flexibility index (Phi) is 9.75. The Balaban J connectivity index is 0.953. The molecule has 0 amide bonds. The molecule has 3 atom stereocenters. The lowest BCUT2D eigenvalue weighted by atomic mass is 9.98. The standard InChI is InChI=1S/C40H41N5O6S/c46-26-28-12-14-29(15-13-28)36-23-33(25-44-21-18-32(19-22-44)45-35-8-2-1-7-34(35)43-40(45)47)50-39(51-36)31-16-10-27(11-17-31)24-42-52(48,49)37-9-3-5-30-6-4-20-41-38(30)37/h1-17,20,32-33,36,39,42,46H,18-19,21-26H2,(H,43,47). The van der Waals surface area contributed by atoms with E-state index in [0.717, 1.165) is 71.1 Å². The highest BCUT2D eigenvalue weighted by Crippen LogP contribution is 2.39. The van der Waals surface area contributed by atoms with Crippen LogP contribution in [-0.4, -0.2) is 58.7 Å². The van der Waals surface area contributed by atoms with E-state index in [0.29, 0.717) is 11.9 Å². The van der Waals surface area contributed by atoms with Crippen molar-refractivity contribution in [3.8, 4) is 0 Å². The van der Waals surface area contributed by atoms with Crippen LogP contribution in [0.4, 0.5) is 0 Å². The number of pyridine rings is 1. The molecule has 52 heavy (non-hydrogen) atoms. The van der Waals surface area contributed by atoms with Gasteiger partial charge in [-0.05, 0) is 53.8 Å². The normalized spacial score (nSPS) is 20.4. The number of aliphatic hydroxyl groups is 1. The second kappa shape index (κ2) is 14.7. The molecule has 0 bridgehead atoms. The van der Waals surface area contributed by atoms with Crippen LogP contribution in [-0.2, 0) is 32.6 Å². The Morgan fingerprint density at radius 2 is 1.58 bits per heavy atom. The van der Waals surface area contributed by atoms with Crippen LogP contribution < -0.4 is 10.4 Å². The van der Waals surface area contributed by atoms with Gasteiger partial charge in [0.15, 0.2) is 6.29 Å². The number of para-hydroxylation sites is 3. The van der Waals surface area contributed by atoms with Crippen LogP contribution >= 0.6 is 0 Å². The van der Waals surface area contributed by atoms with Gasteiger partial charge in [0.1, 0.15) is 4.90 Å². The highest BCUT2D eigenvalue weighted by molar-refractivity contribution is 7.89. The van der Waals surface area contributed by atoms with E-state index in [-0.39, 0.29) is 42.0 Å². The Bertz CT molecular complexity index is 2330. The third kappa shape index (κ3) is 7.18. The number of nitrogens with zero attached hydrogens (tertiary/aromatic N) is 3. The molecular weight excluding hydrogens is 679 g/mol. The third-order valence-corrected chi connectivity index (χ3v) is 11.7. The van der Waals surface area contributed by atoms with Gasteiger partial charge in [-0.3, -0.25) is 9.55 Å². The summed E-state index contributed by atoms with van der Waals surface area (Å²) in [6, 6.07) is 32.2. The smallest absolute Gasteiger partial charge is 0.326 e. The molecule has 11 nitrogen and oxygen atoms in total. The Hall–Kier alpha value is -4.69. The molecule has 0 saturated carbocycles. The molecule has 0 radical (unpaired) electrons. The number of sulfonamides is 1. The van der Waals surface area contributed by atoms with Crippen LogP contribution in [0.2, 0.25) is 0 Å². The van der Waals surface area contributed by atoms with Crippen molar-refractivity contribution < 1.29 is 23.0 Å². The minimum atomic E-state index is -3.81. The summed E-state index contributed by atoms with van der Waals surface area (Å²) in [5, 5.41) is 10.3. The fourth-order valence-corrected chi connectivity index (χ4v) is 8.65. The molecule has 4 heterocycles. The highest BCUT2D eigenvalue weighted by Gasteiger charge is 2.34. The summed E-state index contributed by atoms with van der Waals surface area (Å²) in [5.74, 6) is 0. The van der Waals surface area contributed by atoms with Gasteiger partial charge in [-0.2, -0.15) is 0 Å². The monoisotopic (exact) mass is 719 g/mol. The summed E-state index contributed by atoms with van der Waals surface area (Å²) in [6.07, 6.45) is 3.02. The molecule has 4 aromatic carbocycles. The van der Waals surface area contributed by atoms with E-state index < -0.39 is 16.3 Å². The number of H-pyrrole nitrogens is 1. The molecule has 2 saturated heterocycles. The highest BCUT2D eigenvalue weighted by atomic mass is 32.2. The van der Waals surface area contributed by atoms with E-state index in [1.54, 1.807) is 24.4 Å². The molecule has 6 aromatic rings. The van der Waals surface area contributed by atoms with Crippen molar-refractivity contribution in [3.63, 3.8) is 0 Å². The van der Waals surface area contributed by atoms with E-state index in [9.17, 15) is 18.3 Å². The molecule has 2 aliphatic rings. The lowest BCUT2D eigenvalue weighted by Crippen LogP contribution is -2.43. The topological polar surface area (TPSA) is 139 Å². The van der Waals surface area contributed by atoms with Crippen molar-refractivity contribution in [2.45, 2.75) is 61.8 Å². The number of fused-ring (bicyclic) bond motifs is 2. The van der Waals surface area contributed by atoms with Crippen LogP contribution in [0.15, 0.2) is 119 Å². The van der Waals surface area contributed by atoms with E-state index in [1.165, 1.54) is 0 Å². The first-order valence-corrected chi connectivity index (χ1v) is 19.2. The summed E-state index contributed by atoms with van der Waals surface area (Å²) in [4.78, 5) is 22.7. The average molecular weight is 720 g/mol. The van der Waals surface area contributed by atoms with Gasteiger partial charge in [-0.1, -0.05) is 78.9 Å². The van der Waals surface area contributed by atoms with Gasteiger partial charge < -0.3 is 24.5 Å². The Morgan fingerprint density at radius 3 is 2.37 bits per heavy atom. The van der Waals surface area contributed by atoms with E-state index >= 15 is 0 Å². The molecule has 2 fully saturated rings. The zero-order chi connectivity index (χ0) is 35.7. The van der Waals surface area contributed by atoms with Gasteiger partial charge >= 0.3 is 5.69 Å². The van der Waals surface area contributed by atoms with E-state index in [2.05, 4.69) is 19.6 Å².